The maximum atomic E-state index is 13.4. The standard InChI is InChI=1S/C30H28N2O7/c1-18-23(27(34)29(38-4)28(37-3)26(18)33)15-20-5-10-25(39-17-19-11-13-31-14-12-19)24(16-20)30(35)32-21-6-8-22(36-2)9-7-21/h5-14,16H,15,17H2,1-4H3,(H,32,35). The van der Waals surface area contributed by atoms with Crippen LogP contribution in [0, 0.1) is 0 Å². The number of aromatic nitrogens is 1. The van der Waals surface area contributed by atoms with Crippen molar-refractivity contribution in [3.05, 3.63) is 106 Å². The summed E-state index contributed by atoms with van der Waals surface area (Å²) in [7, 11) is 4.19. The molecule has 0 atom stereocenters. The van der Waals surface area contributed by atoms with Crippen molar-refractivity contribution in [2.45, 2.75) is 20.0 Å². The number of pyridine rings is 1. The number of hydrogen-bond donors (Lipinski definition) is 1. The molecular weight excluding hydrogens is 500 g/mol. The third-order valence-corrected chi connectivity index (χ3v) is 6.26. The third-order valence-electron chi connectivity index (χ3n) is 6.26. The predicted molar refractivity (Wildman–Crippen MR) is 143 cm³/mol. The van der Waals surface area contributed by atoms with E-state index in [4.69, 9.17) is 18.9 Å². The molecular formula is C30H28N2O7. The Balaban J connectivity index is 1.65. The van der Waals surface area contributed by atoms with Crippen LogP contribution in [-0.4, -0.2) is 43.8 Å². The van der Waals surface area contributed by atoms with Gasteiger partial charge in [0, 0.05) is 35.6 Å². The van der Waals surface area contributed by atoms with E-state index in [-0.39, 0.29) is 41.3 Å². The lowest BCUT2D eigenvalue weighted by molar-refractivity contribution is -0.121. The second-order valence-electron chi connectivity index (χ2n) is 8.66. The first-order valence-corrected chi connectivity index (χ1v) is 12.1. The van der Waals surface area contributed by atoms with Gasteiger partial charge in [-0.05, 0) is 66.6 Å². The van der Waals surface area contributed by atoms with E-state index in [1.165, 1.54) is 14.2 Å². The average molecular weight is 529 g/mol. The highest BCUT2D eigenvalue weighted by Crippen LogP contribution is 2.30. The molecule has 1 N–H and O–H groups in total. The van der Waals surface area contributed by atoms with Crippen LogP contribution < -0.4 is 14.8 Å². The van der Waals surface area contributed by atoms with Crippen LogP contribution in [0.25, 0.3) is 0 Å². The number of amides is 1. The van der Waals surface area contributed by atoms with E-state index in [0.717, 1.165) is 5.56 Å². The van der Waals surface area contributed by atoms with Crippen molar-refractivity contribution in [2.75, 3.05) is 26.6 Å². The molecule has 0 radical (unpaired) electrons. The van der Waals surface area contributed by atoms with Gasteiger partial charge in [-0.15, -0.1) is 0 Å². The van der Waals surface area contributed by atoms with Gasteiger partial charge in [0.2, 0.25) is 23.1 Å². The second kappa shape index (κ2) is 12.1. The topological polar surface area (TPSA) is 113 Å². The molecule has 0 bridgehead atoms. The monoisotopic (exact) mass is 528 g/mol. The molecule has 0 saturated heterocycles. The summed E-state index contributed by atoms with van der Waals surface area (Å²) in [6, 6.07) is 15.7. The van der Waals surface area contributed by atoms with Gasteiger partial charge in [-0.1, -0.05) is 6.07 Å². The first-order valence-electron chi connectivity index (χ1n) is 12.1. The van der Waals surface area contributed by atoms with Crippen LogP contribution in [0.1, 0.15) is 28.4 Å². The predicted octanol–water partition coefficient (Wildman–Crippen LogP) is 4.44. The van der Waals surface area contributed by atoms with Gasteiger partial charge in [-0.3, -0.25) is 19.4 Å². The number of benzene rings is 2. The van der Waals surface area contributed by atoms with E-state index in [1.54, 1.807) is 68.9 Å². The quantitative estimate of drug-likeness (QED) is 0.385. The average Bonchev–Trinajstić information content (AvgIpc) is 2.97. The Morgan fingerprint density at radius 2 is 1.49 bits per heavy atom. The van der Waals surface area contributed by atoms with Gasteiger partial charge in [0.25, 0.3) is 5.91 Å². The zero-order chi connectivity index (χ0) is 27.9. The molecule has 9 heteroatoms. The summed E-state index contributed by atoms with van der Waals surface area (Å²) in [4.78, 5) is 43.3. The summed E-state index contributed by atoms with van der Waals surface area (Å²) in [6.07, 6.45) is 3.43. The van der Waals surface area contributed by atoms with Crippen LogP contribution in [0.3, 0.4) is 0 Å². The number of rotatable bonds is 10. The van der Waals surface area contributed by atoms with Crippen LogP contribution >= 0.6 is 0 Å². The minimum Gasteiger partial charge on any atom is -0.497 e. The largest absolute Gasteiger partial charge is 0.497 e. The maximum Gasteiger partial charge on any atom is 0.259 e. The number of allylic oxidation sites excluding steroid dienone is 2. The number of carbonyl (C=O) groups is 3. The summed E-state index contributed by atoms with van der Waals surface area (Å²) >= 11 is 0. The lowest BCUT2D eigenvalue weighted by Crippen LogP contribution is -2.26. The number of ether oxygens (including phenoxy) is 4. The summed E-state index contributed by atoms with van der Waals surface area (Å²) in [6.45, 7) is 1.80. The molecule has 0 spiro atoms. The number of nitrogens with zero attached hydrogens (tertiary/aromatic N) is 1. The number of ketones is 2. The third kappa shape index (κ3) is 5.98. The van der Waals surface area contributed by atoms with Crippen molar-refractivity contribution in [1.82, 2.24) is 4.98 Å². The fourth-order valence-electron chi connectivity index (χ4n) is 4.11. The molecule has 39 heavy (non-hydrogen) atoms. The van der Waals surface area contributed by atoms with E-state index in [9.17, 15) is 14.4 Å². The van der Waals surface area contributed by atoms with Crippen LogP contribution in [0.2, 0.25) is 0 Å². The van der Waals surface area contributed by atoms with Gasteiger partial charge in [0.15, 0.2) is 0 Å². The summed E-state index contributed by atoms with van der Waals surface area (Å²) in [5, 5.41) is 2.87. The van der Waals surface area contributed by atoms with Crippen molar-refractivity contribution < 1.29 is 33.3 Å². The Bertz CT molecular complexity index is 1460. The van der Waals surface area contributed by atoms with Gasteiger partial charge in [0.05, 0.1) is 26.9 Å². The Morgan fingerprint density at radius 3 is 2.13 bits per heavy atom. The van der Waals surface area contributed by atoms with Crippen molar-refractivity contribution in [1.29, 1.82) is 0 Å². The van der Waals surface area contributed by atoms with Crippen LogP contribution in [0.15, 0.2) is 89.7 Å². The molecule has 200 valence electrons. The van der Waals surface area contributed by atoms with Crippen molar-refractivity contribution in [2.24, 2.45) is 0 Å². The molecule has 1 amide bonds. The molecule has 0 saturated carbocycles. The normalized spacial score (nSPS) is 13.3. The van der Waals surface area contributed by atoms with Crippen molar-refractivity contribution >= 4 is 23.2 Å². The summed E-state index contributed by atoms with van der Waals surface area (Å²) in [5.74, 6) is -0.499. The van der Waals surface area contributed by atoms with E-state index in [1.807, 2.05) is 12.1 Å². The zero-order valence-electron chi connectivity index (χ0n) is 22.1. The highest BCUT2D eigenvalue weighted by Gasteiger charge is 2.34. The van der Waals surface area contributed by atoms with Gasteiger partial charge in [0.1, 0.15) is 18.1 Å². The lowest BCUT2D eigenvalue weighted by Gasteiger charge is -2.21. The van der Waals surface area contributed by atoms with E-state index < -0.39 is 17.5 Å². The number of methoxy groups -OCH3 is 3. The van der Waals surface area contributed by atoms with Gasteiger partial charge in [-0.25, -0.2) is 0 Å². The van der Waals surface area contributed by atoms with Crippen LogP contribution in [0.4, 0.5) is 5.69 Å². The Kier molecular flexibility index (Phi) is 8.40. The molecule has 4 rings (SSSR count). The highest BCUT2D eigenvalue weighted by molar-refractivity contribution is 6.23. The molecule has 3 aromatic rings. The summed E-state index contributed by atoms with van der Waals surface area (Å²) in [5.41, 5.74) is 2.89. The number of hydrogen-bond acceptors (Lipinski definition) is 8. The summed E-state index contributed by atoms with van der Waals surface area (Å²) < 4.78 is 21.5. The fraction of sp³-hybridized carbons (Fsp3) is 0.200. The minimum atomic E-state index is -0.436. The Labute approximate surface area is 226 Å². The minimum absolute atomic E-state index is 0.105. The van der Waals surface area contributed by atoms with Gasteiger partial charge >= 0.3 is 0 Å². The van der Waals surface area contributed by atoms with Gasteiger partial charge < -0.3 is 24.3 Å². The Hall–Kier alpha value is -4.92. The van der Waals surface area contributed by atoms with E-state index in [0.29, 0.717) is 22.7 Å². The second-order valence-corrected chi connectivity index (χ2v) is 8.66. The van der Waals surface area contributed by atoms with E-state index in [2.05, 4.69) is 10.3 Å². The van der Waals surface area contributed by atoms with Crippen molar-refractivity contribution in [3.63, 3.8) is 0 Å². The number of Topliss-reactive ketones (excluding diaryl/α,β-unsaturated/α-hetero) is 2. The molecule has 2 aromatic carbocycles. The molecule has 1 aliphatic carbocycles. The number of nitrogens with one attached hydrogen (secondary N) is 1. The SMILES string of the molecule is COC1=C(OC)C(=O)C(Cc2ccc(OCc3ccncc3)c(C(=O)Nc3ccc(OC)cc3)c2)=C(C)C1=O. The molecule has 1 aliphatic rings. The van der Waals surface area contributed by atoms with E-state index >= 15 is 0 Å². The van der Waals surface area contributed by atoms with Crippen molar-refractivity contribution in [3.8, 4) is 11.5 Å². The number of carbonyl (C=O) groups excluding carboxylic acids is 3. The first kappa shape index (κ1) is 27.1. The molecule has 0 aliphatic heterocycles. The van der Waals surface area contributed by atoms with Crippen LogP contribution in [0.5, 0.6) is 11.5 Å². The zero-order valence-corrected chi connectivity index (χ0v) is 22.1. The molecule has 0 unspecified atom stereocenters. The molecule has 1 aromatic heterocycles. The maximum absolute atomic E-state index is 13.4. The van der Waals surface area contributed by atoms with Gasteiger partial charge in [-0.2, -0.15) is 0 Å². The highest BCUT2D eigenvalue weighted by atomic mass is 16.5. The lowest BCUT2D eigenvalue weighted by atomic mass is 9.88. The molecule has 0 fully saturated rings. The fourth-order valence-corrected chi connectivity index (χ4v) is 4.11. The van der Waals surface area contributed by atoms with Crippen LogP contribution in [-0.2, 0) is 32.1 Å². The molecule has 1 heterocycles. The number of anilines is 1. The Morgan fingerprint density at radius 1 is 0.821 bits per heavy atom. The smallest absolute Gasteiger partial charge is 0.259 e. The first-order chi connectivity index (χ1) is 18.9. The molecule has 9 nitrogen and oxygen atoms in total.